The Morgan fingerprint density at radius 2 is 1.53 bits per heavy atom. The molecule has 0 radical (unpaired) electrons. The van der Waals surface area contributed by atoms with Gasteiger partial charge in [-0.1, -0.05) is 54.5 Å². The van der Waals surface area contributed by atoms with E-state index in [0.717, 1.165) is 11.1 Å². The van der Waals surface area contributed by atoms with Crippen molar-refractivity contribution in [1.82, 2.24) is 0 Å². The average Bonchev–Trinajstić information content (AvgIpc) is 2.28. The molecule has 1 heteroatoms. The molecule has 0 bridgehead atoms. The van der Waals surface area contributed by atoms with Gasteiger partial charge in [-0.3, -0.25) is 4.79 Å². The Kier molecular flexibility index (Phi) is 2.02. The lowest BCUT2D eigenvalue weighted by molar-refractivity contribution is 0.101. The first-order valence-electron chi connectivity index (χ1n) is 5.77. The van der Waals surface area contributed by atoms with Gasteiger partial charge in [0, 0.05) is 5.56 Å². The number of Topliss-reactive ketones (excluding diaryl/α,β-unsaturated/α-hetero) is 1. The second-order valence-corrected chi connectivity index (χ2v) is 3.33. The molecule has 0 unspecified atom stereocenters. The molecule has 0 aliphatic rings. The predicted octanol–water partition coefficient (Wildman–Crippen LogP) is 3.56. The van der Waals surface area contributed by atoms with E-state index in [2.05, 4.69) is 0 Å². The quantitative estimate of drug-likeness (QED) is 0.674. The van der Waals surface area contributed by atoms with Gasteiger partial charge in [0.05, 0.1) is 2.74 Å². The van der Waals surface area contributed by atoms with Crippen molar-refractivity contribution < 1.29 is 7.54 Å². The first kappa shape index (κ1) is 7.41. The minimum atomic E-state index is -0.236. The largest absolute Gasteiger partial charge is 0.295 e. The lowest BCUT2D eigenvalue weighted by atomic mass is 10.0. The monoisotopic (exact) mass is 198 g/mol. The number of carbonyl (C=O) groups excluding carboxylic acids is 1. The average molecular weight is 198 g/mol. The third-order valence-electron chi connectivity index (χ3n) is 2.20. The van der Waals surface area contributed by atoms with Crippen molar-refractivity contribution >= 4 is 5.78 Å². The maximum Gasteiger partial charge on any atom is 0.159 e. The zero-order valence-corrected chi connectivity index (χ0v) is 8.45. The van der Waals surface area contributed by atoms with Crippen LogP contribution in [0, 0.1) is 0 Å². The number of benzene rings is 2. The van der Waals surface area contributed by atoms with Crippen molar-refractivity contribution in [3.05, 3.63) is 60.1 Å². The molecule has 0 spiro atoms. The summed E-state index contributed by atoms with van der Waals surface area (Å²) in [6, 6.07) is 13.0. The number of carbonyl (C=O) groups is 1. The lowest BCUT2D eigenvalue weighted by Gasteiger charge is -2.01. The fourth-order valence-corrected chi connectivity index (χ4v) is 1.38. The molecule has 0 saturated carbocycles. The van der Waals surface area contributed by atoms with Crippen LogP contribution in [0.4, 0.5) is 0 Å². The Balaban J connectivity index is 2.57. The molecular weight excluding hydrogens is 184 g/mol. The highest BCUT2D eigenvalue weighted by molar-refractivity contribution is 5.94. The maximum absolute atomic E-state index is 11.3. The van der Waals surface area contributed by atoms with Crippen LogP contribution in [0.3, 0.4) is 0 Å². The summed E-state index contributed by atoms with van der Waals surface area (Å²) < 4.78 is 15.6. The van der Waals surface area contributed by atoms with Gasteiger partial charge < -0.3 is 0 Å². The summed E-state index contributed by atoms with van der Waals surface area (Å²) in [5, 5.41) is 0. The smallest absolute Gasteiger partial charge is 0.159 e. The topological polar surface area (TPSA) is 17.1 Å². The van der Waals surface area contributed by atoms with Gasteiger partial charge in [0.25, 0.3) is 0 Å². The number of rotatable bonds is 2. The van der Waals surface area contributed by atoms with Gasteiger partial charge >= 0.3 is 0 Å². The van der Waals surface area contributed by atoms with Crippen LogP contribution >= 0.6 is 0 Å². The fraction of sp³-hybridized carbons (Fsp3) is 0.0714. The summed E-state index contributed by atoms with van der Waals surface area (Å²) in [7, 11) is 0. The van der Waals surface area contributed by atoms with E-state index in [1.54, 1.807) is 12.1 Å². The Labute approximate surface area is 92.2 Å². The summed E-state index contributed by atoms with van der Waals surface area (Å²) in [5.74, 6) is -0.236. The van der Waals surface area contributed by atoms with Gasteiger partial charge in [0.2, 0.25) is 0 Å². The second kappa shape index (κ2) is 4.09. The number of hydrogen-bond acceptors (Lipinski definition) is 1. The van der Waals surface area contributed by atoms with Gasteiger partial charge in [-0.25, -0.2) is 0 Å². The van der Waals surface area contributed by atoms with Crippen LogP contribution in [0.15, 0.2) is 54.5 Å². The van der Waals surface area contributed by atoms with Crippen molar-refractivity contribution in [2.45, 2.75) is 6.92 Å². The van der Waals surface area contributed by atoms with Crippen LogP contribution in [0.1, 0.15) is 20.0 Å². The number of hydrogen-bond donors (Lipinski definition) is 0. The highest BCUT2D eigenvalue weighted by Crippen LogP contribution is 2.19. The molecule has 0 fully saturated rings. The first-order valence-corrected chi connectivity index (χ1v) is 4.77. The van der Waals surface area contributed by atoms with Gasteiger partial charge in [0.1, 0.15) is 0 Å². The molecule has 0 aliphatic carbocycles. The predicted molar refractivity (Wildman–Crippen MR) is 61.9 cm³/mol. The summed E-state index contributed by atoms with van der Waals surface area (Å²) >= 11 is 0. The van der Waals surface area contributed by atoms with E-state index >= 15 is 0 Å². The highest BCUT2D eigenvalue weighted by atomic mass is 16.1. The molecule has 2 aromatic carbocycles. The van der Waals surface area contributed by atoms with Gasteiger partial charge in [0.15, 0.2) is 5.78 Å². The molecule has 0 aliphatic heterocycles. The van der Waals surface area contributed by atoms with Crippen LogP contribution in [-0.2, 0) is 0 Å². The fourth-order valence-electron chi connectivity index (χ4n) is 1.38. The molecule has 0 saturated heterocycles. The van der Waals surface area contributed by atoms with Crippen LogP contribution in [0.2, 0.25) is 0 Å². The van der Waals surface area contributed by atoms with Gasteiger partial charge in [-0.15, -0.1) is 0 Å². The lowest BCUT2D eigenvalue weighted by Crippen LogP contribution is -1.90. The summed E-state index contributed by atoms with van der Waals surface area (Å²) in [6.45, 7) is 1.38. The third kappa shape index (κ3) is 2.13. The molecule has 15 heavy (non-hydrogen) atoms. The van der Waals surface area contributed by atoms with E-state index in [9.17, 15) is 4.79 Å². The van der Waals surface area contributed by atoms with E-state index in [-0.39, 0.29) is 23.4 Å². The van der Waals surface area contributed by atoms with Crippen LogP contribution in [0.5, 0.6) is 0 Å². The molecule has 0 amide bonds. The molecule has 0 heterocycles. The zero-order valence-electron chi connectivity index (χ0n) is 10.4. The molecule has 0 atom stereocenters. The van der Waals surface area contributed by atoms with E-state index in [0.29, 0.717) is 0 Å². The molecule has 0 N–H and O–H groups in total. The minimum absolute atomic E-state index is 0.115. The van der Waals surface area contributed by atoms with Crippen molar-refractivity contribution in [2.24, 2.45) is 0 Å². The summed E-state index contributed by atoms with van der Waals surface area (Å²) in [4.78, 5) is 11.3. The van der Waals surface area contributed by atoms with Gasteiger partial charge in [-0.05, 0) is 18.1 Å². The van der Waals surface area contributed by atoms with Gasteiger partial charge in [-0.2, -0.15) is 0 Å². The molecule has 2 aromatic rings. The Hall–Kier alpha value is -1.89. The second-order valence-electron chi connectivity index (χ2n) is 3.33. The molecular formula is C14H12O. The van der Waals surface area contributed by atoms with Crippen LogP contribution < -0.4 is 0 Å². The molecule has 0 aromatic heterocycles. The number of ketones is 1. The van der Waals surface area contributed by atoms with E-state index < -0.39 is 0 Å². The highest BCUT2D eigenvalue weighted by Gasteiger charge is 1.99. The Bertz CT molecular complexity index is 539. The van der Waals surface area contributed by atoms with Crippen LogP contribution in [-0.4, -0.2) is 5.78 Å². The first-order chi connectivity index (χ1) is 8.09. The summed E-state index contributed by atoms with van der Waals surface area (Å²) in [5.41, 5.74) is 1.93. The molecule has 1 nitrogen and oxygen atoms in total. The maximum atomic E-state index is 11.3. The van der Waals surface area contributed by atoms with Crippen LogP contribution in [0.25, 0.3) is 11.1 Å². The van der Waals surface area contributed by atoms with Crippen molar-refractivity contribution in [1.29, 1.82) is 0 Å². The standard InChI is InChI=1S/C14H12O/c1-11(15)12-7-9-14(10-8-12)13-5-3-2-4-6-13/h2-10H,1H3/i7D,8D. The van der Waals surface area contributed by atoms with Crippen molar-refractivity contribution in [3.8, 4) is 11.1 Å². The van der Waals surface area contributed by atoms with E-state index in [4.69, 9.17) is 2.74 Å². The third-order valence-corrected chi connectivity index (χ3v) is 2.20. The van der Waals surface area contributed by atoms with Crippen molar-refractivity contribution in [2.75, 3.05) is 0 Å². The summed E-state index contributed by atoms with van der Waals surface area (Å²) in [6.07, 6.45) is 0. The molecule has 74 valence electrons. The van der Waals surface area contributed by atoms with Crippen molar-refractivity contribution in [3.63, 3.8) is 0 Å². The van der Waals surface area contributed by atoms with E-state index in [1.807, 2.05) is 30.3 Å². The SMILES string of the molecule is [2H]c1cc(-c2ccccc2)cc([2H])c1C(C)=O. The molecule has 2 rings (SSSR count). The minimum Gasteiger partial charge on any atom is -0.295 e. The Morgan fingerprint density at radius 1 is 1.00 bits per heavy atom. The zero-order chi connectivity index (χ0) is 12.4. The Morgan fingerprint density at radius 3 is 2.07 bits per heavy atom. The van der Waals surface area contributed by atoms with E-state index in [1.165, 1.54) is 6.92 Å². The normalized spacial score (nSPS) is 11.8.